The van der Waals surface area contributed by atoms with Crippen LogP contribution in [0.25, 0.3) is 10.8 Å². The Morgan fingerprint density at radius 2 is 1.76 bits per heavy atom. The summed E-state index contributed by atoms with van der Waals surface area (Å²) in [4.78, 5) is 21.9. The lowest BCUT2D eigenvalue weighted by atomic mass is 10.0. The molecule has 0 aromatic heterocycles. The Morgan fingerprint density at radius 3 is 2.49 bits per heavy atom. The number of hydrogen-bond donors (Lipinski definition) is 3. The Balaban J connectivity index is 1.64. The second kappa shape index (κ2) is 10.3. The number of rotatable bonds is 9. The number of ether oxygens (including phenoxy) is 1. The van der Waals surface area contributed by atoms with Crippen LogP contribution in [-0.4, -0.2) is 37.7 Å². The molecule has 3 N–H and O–H groups in total. The maximum atomic E-state index is 12.9. The summed E-state index contributed by atoms with van der Waals surface area (Å²) in [6.07, 6.45) is 1.46. The van der Waals surface area contributed by atoms with E-state index in [1.807, 2.05) is 30.3 Å². The van der Waals surface area contributed by atoms with Gasteiger partial charge >= 0.3 is 5.97 Å². The highest BCUT2D eigenvalue weighted by Gasteiger charge is 2.23. The SMILES string of the molecule is COc1ccc2ccccc2c1C=NNc1ccc(S(=O)(=O)Nc2ccccc2C(=O)O)cc1[N+](=O)[O-]. The van der Waals surface area contributed by atoms with Crippen molar-refractivity contribution in [2.24, 2.45) is 5.10 Å². The molecular weight excluding hydrogens is 500 g/mol. The molecule has 0 bridgehead atoms. The highest BCUT2D eigenvalue weighted by Crippen LogP contribution is 2.30. The number of nitro benzene ring substituents is 1. The van der Waals surface area contributed by atoms with E-state index in [1.165, 1.54) is 43.7 Å². The maximum absolute atomic E-state index is 12.9. The van der Waals surface area contributed by atoms with Crippen LogP contribution in [0.2, 0.25) is 0 Å². The molecule has 0 aliphatic rings. The number of nitrogens with one attached hydrogen (secondary N) is 2. The van der Waals surface area contributed by atoms with Gasteiger partial charge in [0.1, 0.15) is 11.4 Å². The average molecular weight is 521 g/mol. The van der Waals surface area contributed by atoms with E-state index in [4.69, 9.17) is 4.74 Å². The number of hydrogen-bond acceptors (Lipinski definition) is 8. The van der Waals surface area contributed by atoms with Gasteiger partial charge in [0.2, 0.25) is 0 Å². The number of anilines is 2. The predicted molar refractivity (Wildman–Crippen MR) is 139 cm³/mol. The number of benzene rings is 4. The van der Waals surface area contributed by atoms with E-state index in [0.717, 1.165) is 22.9 Å². The normalized spacial score (nSPS) is 11.4. The molecule has 37 heavy (non-hydrogen) atoms. The Kier molecular flexibility index (Phi) is 7.02. The number of sulfonamides is 1. The van der Waals surface area contributed by atoms with Gasteiger partial charge in [-0.1, -0.05) is 42.5 Å². The van der Waals surface area contributed by atoms with Gasteiger partial charge in [0.15, 0.2) is 0 Å². The lowest BCUT2D eigenvalue weighted by Gasteiger charge is -2.11. The molecule has 0 fully saturated rings. The van der Waals surface area contributed by atoms with Gasteiger partial charge in [0.05, 0.1) is 34.4 Å². The number of methoxy groups -OCH3 is 1. The summed E-state index contributed by atoms with van der Waals surface area (Å²) in [7, 11) is -2.82. The summed E-state index contributed by atoms with van der Waals surface area (Å²) in [5.74, 6) is -0.780. The number of aromatic carboxylic acids is 1. The molecule has 0 aliphatic carbocycles. The minimum absolute atomic E-state index is 0.0506. The second-order valence-electron chi connectivity index (χ2n) is 7.66. The molecule has 0 saturated heterocycles. The molecule has 12 heteroatoms. The second-order valence-corrected chi connectivity index (χ2v) is 9.35. The van der Waals surface area contributed by atoms with E-state index in [1.54, 1.807) is 6.07 Å². The van der Waals surface area contributed by atoms with Crippen LogP contribution in [0.15, 0.2) is 88.9 Å². The fraction of sp³-hybridized carbons (Fsp3) is 0.0400. The van der Waals surface area contributed by atoms with Crippen LogP contribution < -0.4 is 14.9 Å². The molecule has 4 aromatic carbocycles. The van der Waals surface area contributed by atoms with E-state index < -0.39 is 31.5 Å². The Morgan fingerprint density at radius 1 is 1.03 bits per heavy atom. The van der Waals surface area contributed by atoms with Gasteiger partial charge in [-0.3, -0.25) is 20.3 Å². The minimum atomic E-state index is -4.34. The molecule has 0 radical (unpaired) electrons. The Hall–Kier alpha value is -4.97. The third kappa shape index (κ3) is 5.33. The van der Waals surface area contributed by atoms with Crippen molar-refractivity contribution >= 4 is 50.0 Å². The summed E-state index contributed by atoms with van der Waals surface area (Å²) < 4.78 is 33.3. The lowest BCUT2D eigenvalue weighted by molar-refractivity contribution is -0.384. The first-order valence-corrected chi connectivity index (χ1v) is 12.2. The zero-order valence-corrected chi connectivity index (χ0v) is 20.1. The monoisotopic (exact) mass is 520 g/mol. The fourth-order valence-electron chi connectivity index (χ4n) is 3.64. The molecule has 0 saturated carbocycles. The van der Waals surface area contributed by atoms with Crippen LogP contribution in [0.5, 0.6) is 5.75 Å². The van der Waals surface area contributed by atoms with E-state index in [9.17, 15) is 28.4 Å². The van der Waals surface area contributed by atoms with Gasteiger partial charge in [0.25, 0.3) is 15.7 Å². The van der Waals surface area contributed by atoms with Gasteiger partial charge in [-0.15, -0.1) is 0 Å². The standard InChI is InChI=1S/C25H20N4O7S/c1-36-24-13-10-16-6-2-3-7-18(16)20(24)15-26-27-22-12-11-17(14-23(22)29(32)33)37(34,35)28-21-9-5-4-8-19(21)25(30)31/h2-15,27-28H,1H3,(H,30,31). The third-order valence-electron chi connectivity index (χ3n) is 5.41. The topological polar surface area (TPSA) is 160 Å². The Labute approximate surface area is 211 Å². The van der Waals surface area contributed by atoms with Crippen molar-refractivity contribution in [1.29, 1.82) is 0 Å². The molecule has 0 spiro atoms. The van der Waals surface area contributed by atoms with Crippen molar-refractivity contribution < 1.29 is 28.0 Å². The van der Waals surface area contributed by atoms with E-state index in [-0.39, 0.29) is 16.9 Å². The predicted octanol–water partition coefficient (Wildman–Crippen LogP) is 4.70. The average Bonchev–Trinajstić information content (AvgIpc) is 2.88. The molecular formula is C25H20N4O7S. The third-order valence-corrected chi connectivity index (χ3v) is 6.77. The summed E-state index contributed by atoms with van der Waals surface area (Å²) in [5.41, 5.74) is 2.21. The highest BCUT2D eigenvalue weighted by molar-refractivity contribution is 7.92. The van der Waals surface area contributed by atoms with E-state index in [2.05, 4.69) is 15.2 Å². The summed E-state index contributed by atoms with van der Waals surface area (Å²) in [6.45, 7) is 0. The quantitative estimate of drug-likeness (QED) is 0.163. The lowest BCUT2D eigenvalue weighted by Crippen LogP contribution is -2.16. The molecule has 4 aromatic rings. The molecule has 0 atom stereocenters. The minimum Gasteiger partial charge on any atom is -0.496 e. The van der Waals surface area contributed by atoms with Crippen LogP contribution >= 0.6 is 0 Å². The smallest absolute Gasteiger partial charge is 0.337 e. The summed E-state index contributed by atoms with van der Waals surface area (Å²) in [6, 6.07) is 19.9. The number of fused-ring (bicyclic) bond motifs is 1. The zero-order valence-electron chi connectivity index (χ0n) is 19.3. The number of carboxylic acids is 1. The first-order valence-electron chi connectivity index (χ1n) is 10.7. The zero-order chi connectivity index (χ0) is 26.6. The van der Waals surface area contributed by atoms with Crippen LogP contribution in [0.3, 0.4) is 0 Å². The largest absolute Gasteiger partial charge is 0.496 e. The van der Waals surface area contributed by atoms with Gasteiger partial charge in [0, 0.05) is 11.6 Å². The molecule has 4 rings (SSSR count). The van der Waals surface area contributed by atoms with Crippen LogP contribution in [-0.2, 0) is 10.0 Å². The van der Waals surface area contributed by atoms with Crippen LogP contribution in [0.4, 0.5) is 17.1 Å². The van der Waals surface area contributed by atoms with E-state index >= 15 is 0 Å². The van der Waals surface area contributed by atoms with Gasteiger partial charge in [-0.05, 0) is 41.1 Å². The summed E-state index contributed by atoms with van der Waals surface area (Å²) in [5, 5.41) is 26.9. The van der Waals surface area contributed by atoms with E-state index in [0.29, 0.717) is 11.3 Å². The van der Waals surface area contributed by atoms with Crippen molar-refractivity contribution in [1.82, 2.24) is 0 Å². The number of para-hydroxylation sites is 1. The van der Waals surface area contributed by atoms with Crippen molar-refractivity contribution in [3.63, 3.8) is 0 Å². The number of carboxylic acid groups (broad SMARTS) is 1. The number of hydrazone groups is 1. The first-order chi connectivity index (χ1) is 17.7. The van der Waals surface area contributed by atoms with Crippen molar-refractivity contribution in [2.75, 3.05) is 17.3 Å². The summed E-state index contributed by atoms with van der Waals surface area (Å²) >= 11 is 0. The van der Waals surface area contributed by atoms with Gasteiger partial charge < -0.3 is 9.84 Å². The number of nitrogens with zero attached hydrogens (tertiary/aromatic N) is 2. The molecule has 0 amide bonds. The molecule has 0 aliphatic heterocycles. The van der Waals surface area contributed by atoms with Crippen LogP contribution in [0, 0.1) is 10.1 Å². The highest BCUT2D eigenvalue weighted by atomic mass is 32.2. The Bertz CT molecular complexity index is 1650. The first kappa shape index (κ1) is 25.1. The molecule has 0 unspecified atom stereocenters. The molecule has 188 valence electrons. The van der Waals surface area contributed by atoms with Crippen molar-refractivity contribution in [3.8, 4) is 5.75 Å². The number of nitro groups is 1. The van der Waals surface area contributed by atoms with Gasteiger partial charge in [-0.2, -0.15) is 5.10 Å². The van der Waals surface area contributed by atoms with Crippen LogP contribution in [0.1, 0.15) is 15.9 Å². The molecule has 11 nitrogen and oxygen atoms in total. The van der Waals surface area contributed by atoms with Gasteiger partial charge in [-0.25, -0.2) is 13.2 Å². The maximum Gasteiger partial charge on any atom is 0.337 e. The van der Waals surface area contributed by atoms with Crippen molar-refractivity contribution in [2.45, 2.75) is 4.90 Å². The van der Waals surface area contributed by atoms with Crippen molar-refractivity contribution in [3.05, 3.63) is 100 Å². The fourth-order valence-corrected chi connectivity index (χ4v) is 4.74. The number of carbonyl (C=O) groups is 1. The molecule has 0 heterocycles.